The Morgan fingerprint density at radius 3 is 1.85 bits per heavy atom. The fourth-order valence-electron chi connectivity index (χ4n) is 4.95. The highest BCUT2D eigenvalue weighted by molar-refractivity contribution is 5.45. The largest absolute Gasteiger partial charge is 0.389 e. The van der Waals surface area contributed by atoms with Gasteiger partial charge in [-0.3, -0.25) is 0 Å². The third-order valence-corrected chi connectivity index (χ3v) is 7.04. The molecule has 2 aromatic rings. The van der Waals surface area contributed by atoms with Gasteiger partial charge in [0.15, 0.2) is 0 Å². The molecule has 1 N–H and O–H groups in total. The van der Waals surface area contributed by atoms with Gasteiger partial charge < -0.3 is 10.0 Å². The molecule has 4 rings (SSSR count). The summed E-state index contributed by atoms with van der Waals surface area (Å²) in [4.78, 5) is 2.57. The van der Waals surface area contributed by atoms with Crippen molar-refractivity contribution in [3.05, 3.63) is 70.8 Å². The lowest BCUT2D eigenvalue weighted by Crippen LogP contribution is -2.52. The molecule has 1 saturated heterocycles. The van der Waals surface area contributed by atoms with Crippen molar-refractivity contribution in [3.63, 3.8) is 0 Å². The number of fused-ring (bicyclic) bond motifs is 2. The zero-order valence-corrected chi connectivity index (χ0v) is 17.0. The molecule has 1 fully saturated rings. The molecule has 0 amide bonds. The first-order chi connectivity index (χ1) is 12.9. The molecule has 2 aliphatic rings. The Hall–Kier alpha value is -1.64. The Labute approximate surface area is 164 Å². The van der Waals surface area contributed by atoms with Crippen LogP contribution < -0.4 is 0 Å². The number of aryl methyl sites for hydroxylation is 2. The van der Waals surface area contributed by atoms with Crippen molar-refractivity contribution in [1.29, 1.82) is 0 Å². The van der Waals surface area contributed by atoms with Gasteiger partial charge in [-0.15, -0.1) is 0 Å². The Kier molecular flexibility index (Phi) is 4.90. The van der Waals surface area contributed by atoms with Gasteiger partial charge in [0.2, 0.25) is 0 Å². The average Bonchev–Trinajstić information content (AvgIpc) is 2.81. The number of nitrogens with zero attached hydrogens (tertiary/aromatic N) is 1. The van der Waals surface area contributed by atoms with Gasteiger partial charge in [0.25, 0.3) is 0 Å². The molecular weight excluding hydrogens is 330 g/mol. The van der Waals surface area contributed by atoms with Crippen molar-refractivity contribution in [2.24, 2.45) is 5.41 Å². The van der Waals surface area contributed by atoms with Crippen LogP contribution in [0.15, 0.2) is 48.5 Å². The predicted molar refractivity (Wildman–Crippen MR) is 112 cm³/mol. The zero-order chi connectivity index (χ0) is 19.1. The van der Waals surface area contributed by atoms with E-state index in [2.05, 4.69) is 74.2 Å². The van der Waals surface area contributed by atoms with Crippen molar-refractivity contribution >= 4 is 0 Å². The fourth-order valence-corrected chi connectivity index (χ4v) is 4.95. The van der Waals surface area contributed by atoms with Crippen LogP contribution in [0.1, 0.15) is 61.8 Å². The summed E-state index contributed by atoms with van der Waals surface area (Å²) in [6, 6.07) is 18.0. The van der Waals surface area contributed by atoms with E-state index >= 15 is 0 Å². The van der Waals surface area contributed by atoms with Gasteiger partial charge in [0, 0.05) is 25.6 Å². The van der Waals surface area contributed by atoms with Crippen molar-refractivity contribution in [1.82, 2.24) is 4.90 Å². The lowest BCUT2D eigenvalue weighted by molar-refractivity contribution is -0.0990. The van der Waals surface area contributed by atoms with Crippen LogP contribution >= 0.6 is 0 Å². The highest BCUT2D eigenvalue weighted by atomic mass is 16.3. The van der Waals surface area contributed by atoms with E-state index in [1.54, 1.807) is 0 Å². The summed E-state index contributed by atoms with van der Waals surface area (Å²) in [6.45, 7) is 9.51. The SMILES string of the molecule is CC(C)(C)C1(O)CCN(CC2c3ccccc3CCc3ccccc32)CC1. The van der Waals surface area contributed by atoms with Crippen molar-refractivity contribution in [2.75, 3.05) is 19.6 Å². The van der Waals surface area contributed by atoms with Gasteiger partial charge in [-0.1, -0.05) is 69.3 Å². The van der Waals surface area contributed by atoms with E-state index in [-0.39, 0.29) is 5.41 Å². The minimum atomic E-state index is -0.539. The second-order valence-corrected chi connectivity index (χ2v) is 9.53. The normalized spacial score (nSPS) is 20.6. The molecule has 0 aromatic heterocycles. The highest BCUT2D eigenvalue weighted by Crippen LogP contribution is 2.40. The van der Waals surface area contributed by atoms with Crippen LogP contribution in [0.2, 0.25) is 0 Å². The van der Waals surface area contributed by atoms with Crippen LogP contribution in [0, 0.1) is 5.41 Å². The van der Waals surface area contributed by atoms with Crippen LogP contribution in [-0.2, 0) is 12.8 Å². The first kappa shape index (κ1) is 18.7. The van der Waals surface area contributed by atoms with Gasteiger partial charge in [-0.2, -0.15) is 0 Å². The second-order valence-electron chi connectivity index (χ2n) is 9.53. The lowest BCUT2D eigenvalue weighted by atomic mass is 9.71. The molecule has 1 aliphatic carbocycles. The minimum absolute atomic E-state index is 0.0550. The molecular formula is C25H33NO. The number of hydrogen-bond donors (Lipinski definition) is 1. The molecule has 2 aromatic carbocycles. The predicted octanol–water partition coefficient (Wildman–Crippen LogP) is 4.79. The van der Waals surface area contributed by atoms with Crippen LogP contribution in [0.4, 0.5) is 0 Å². The quantitative estimate of drug-likeness (QED) is 0.829. The van der Waals surface area contributed by atoms with E-state index in [9.17, 15) is 5.11 Å². The Morgan fingerprint density at radius 1 is 0.889 bits per heavy atom. The van der Waals surface area contributed by atoms with E-state index in [0.29, 0.717) is 5.92 Å². The number of aliphatic hydroxyl groups is 1. The molecule has 0 unspecified atom stereocenters. The Bertz CT molecular complexity index is 748. The van der Waals surface area contributed by atoms with Crippen LogP contribution in [0.5, 0.6) is 0 Å². The summed E-state index contributed by atoms with van der Waals surface area (Å²) >= 11 is 0. The molecule has 0 radical (unpaired) electrons. The van der Waals surface area contributed by atoms with E-state index in [1.807, 2.05) is 0 Å². The number of piperidine rings is 1. The highest BCUT2D eigenvalue weighted by Gasteiger charge is 2.42. The smallest absolute Gasteiger partial charge is 0.0720 e. The maximum Gasteiger partial charge on any atom is 0.0720 e. The minimum Gasteiger partial charge on any atom is -0.389 e. The summed E-state index contributed by atoms with van der Waals surface area (Å²) in [5.41, 5.74) is 5.41. The molecule has 0 atom stereocenters. The first-order valence-corrected chi connectivity index (χ1v) is 10.5. The third kappa shape index (κ3) is 3.58. The van der Waals surface area contributed by atoms with Crippen molar-refractivity contribution < 1.29 is 5.11 Å². The number of likely N-dealkylation sites (tertiary alicyclic amines) is 1. The lowest BCUT2D eigenvalue weighted by Gasteiger charge is -2.46. The van der Waals surface area contributed by atoms with E-state index in [0.717, 1.165) is 45.3 Å². The maximum atomic E-state index is 11.1. The summed E-state index contributed by atoms with van der Waals surface area (Å²) in [6.07, 6.45) is 4.00. The zero-order valence-electron chi connectivity index (χ0n) is 17.0. The summed E-state index contributed by atoms with van der Waals surface area (Å²) in [5.74, 6) is 0.431. The van der Waals surface area contributed by atoms with E-state index in [1.165, 1.54) is 22.3 Å². The topological polar surface area (TPSA) is 23.5 Å². The van der Waals surface area contributed by atoms with E-state index < -0.39 is 5.60 Å². The summed E-state index contributed by atoms with van der Waals surface area (Å²) in [5, 5.41) is 11.1. The Balaban J connectivity index is 1.59. The van der Waals surface area contributed by atoms with E-state index in [4.69, 9.17) is 0 Å². The maximum absolute atomic E-state index is 11.1. The second kappa shape index (κ2) is 7.07. The van der Waals surface area contributed by atoms with Gasteiger partial charge in [0.05, 0.1) is 5.60 Å². The molecule has 1 aliphatic heterocycles. The number of benzene rings is 2. The van der Waals surface area contributed by atoms with Gasteiger partial charge in [-0.05, 0) is 53.4 Å². The molecule has 2 nitrogen and oxygen atoms in total. The molecule has 0 bridgehead atoms. The average molecular weight is 364 g/mol. The van der Waals surface area contributed by atoms with Gasteiger partial charge >= 0.3 is 0 Å². The van der Waals surface area contributed by atoms with Gasteiger partial charge in [-0.25, -0.2) is 0 Å². The fraction of sp³-hybridized carbons (Fsp3) is 0.520. The third-order valence-electron chi connectivity index (χ3n) is 7.04. The van der Waals surface area contributed by atoms with Crippen LogP contribution in [-0.4, -0.2) is 35.2 Å². The van der Waals surface area contributed by atoms with Crippen LogP contribution in [0.25, 0.3) is 0 Å². The molecule has 2 heteroatoms. The summed E-state index contributed by atoms with van der Waals surface area (Å²) < 4.78 is 0. The number of hydrogen-bond acceptors (Lipinski definition) is 2. The van der Waals surface area contributed by atoms with Crippen LogP contribution in [0.3, 0.4) is 0 Å². The Morgan fingerprint density at radius 2 is 1.37 bits per heavy atom. The number of rotatable bonds is 2. The monoisotopic (exact) mass is 363 g/mol. The molecule has 1 heterocycles. The van der Waals surface area contributed by atoms with Crippen molar-refractivity contribution in [3.8, 4) is 0 Å². The van der Waals surface area contributed by atoms with Gasteiger partial charge in [0.1, 0.15) is 0 Å². The van der Waals surface area contributed by atoms with Crippen molar-refractivity contribution in [2.45, 2.75) is 58.0 Å². The molecule has 144 valence electrons. The molecule has 0 spiro atoms. The molecule has 27 heavy (non-hydrogen) atoms. The summed E-state index contributed by atoms with van der Waals surface area (Å²) in [7, 11) is 0. The first-order valence-electron chi connectivity index (χ1n) is 10.5. The standard InChI is InChI=1S/C25H33NO/c1-24(2,3)25(27)14-16-26(17-15-25)18-23-21-10-6-4-8-19(21)12-13-20-9-5-7-11-22(20)23/h4-11,23,27H,12-18H2,1-3H3. The molecule has 0 saturated carbocycles.